The predicted octanol–water partition coefficient (Wildman–Crippen LogP) is 3.39. The highest BCUT2D eigenvalue weighted by Crippen LogP contribution is 2.24. The lowest BCUT2D eigenvalue weighted by Gasteiger charge is -2.07. The number of amides is 1. The highest BCUT2D eigenvalue weighted by Gasteiger charge is 2.27. The van der Waals surface area contributed by atoms with E-state index in [1.54, 1.807) is 6.07 Å². The second-order valence-corrected chi connectivity index (χ2v) is 4.57. The fraction of sp³-hybridized carbons (Fsp3) is 0.267. The molecule has 0 bridgehead atoms. The van der Waals surface area contributed by atoms with E-state index in [2.05, 4.69) is 10.1 Å². The first kappa shape index (κ1) is 17.0. The maximum Gasteiger partial charge on any atom is 0.411 e. The van der Waals surface area contributed by atoms with Crippen molar-refractivity contribution in [2.24, 2.45) is 0 Å². The summed E-state index contributed by atoms with van der Waals surface area (Å²) in [5, 5.41) is 2.35. The van der Waals surface area contributed by atoms with Crippen LogP contribution in [-0.4, -0.2) is 31.8 Å². The molecule has 0 spiro atoms. The molecule has 1 amide bonds. The van der Waals surface area contributed by atoms with Crippen molar-refractivity contribution in [3.05, 3.63) is 48.0 Å². The lowest BCUT2D eigenvalue weighted by atomic mass is 10.1. The van der Waals surface area contributed by atoms with Crippen molar-refractivity contribution in [3.8, 4) is 11.3 Å². The highest BCUT2D eigenvalue weighted by atomic mass is 19.4. The van der Waals surface area contributed by atoms with E-state index in [9.17, 15) is 22.4 Å². The Morgan fingerprint density at radius 1 is 1.17 bits per heavy atom. The van der Waals surface area contributed by atoms with E-state index in [0.29, 0.717) is 0 Å². The van der Waals surface area contributed by atoms with Gasteiger partial charge in [-0.25, -0.2) is 4.39 Å². The molecule has 2 rings (SSSR count). The Kier molecular flexibility index (Phi) is 5.38. The molecular weight excluding hydrogens is 318 g/mol. The van der Waals surface area contributed by atoms with Gasteiger partial charge in [0.2, 0.25) is 0 Å². The normalized spacial score (nSPS) is 11.5. The Morgan fingerprint density at radius 3 is 2.61 bits per heavy atom. The molecule has 0 saturated heterocycles. The highest BCUT2D eigenvalue weighted by molar-refractivity contribution is 5.92. The molecule has 0 radical (unpaired) electrons. The number of alkyl halides is 3. The maximum atomic E-state index is 13.6. The van der Waals surface area contributed by atoms with E-state index >= 15 is 0 Å². The predicted molar refractivity (Wildman–Crippen MR) is 73.3 cm³/mol. The molecule has 1 heterocycles. The van der Waals surface area contributed by atoms with E-state index in [1.807, 2.05) is 0 Å². The molecule has 0 aliphatic heterocycles. The summed E-state index contributed by atoms with van der Waals surface area (Å²) in [6, 6.07) is 8.70. The van der Waals surface area contributed by atoms with E-state index in [0.717, 1.165) is 0 Å². The number of furan rings is 1. The van der Waals surface area contributed by atoms with Gasteiger partial charge in [-0.2, -0.15) is 13.2 Å². The summed E-state index contributed by atoms with van der Waals surface area (Å²) in [4.78, 5) is 11.8. The molecular formula is C15H13F4NO3. The van der Waals surface area contributed by atoms with Crippen LogP contribution in [0.5, 0.6) is 0 Å². The SMILES string of the molecule is O=C(NCCOCC(F)(F)F)c1ccc(-c2ccccc2F)o1. The van der Waals surface area contributed by atoms with Gasteiger partial charge in [-0.1, -0.05) is 12.1 Å². The molecule has 0 fully saturated rings. The molecule has 0 unspecified atom stereocenters. The van der Waals surface area contributed by atoms with Crippen LogP contribution in [0.15, 0.2) is 40.8 Å². The van der Waals surface area contributed by atoms with Crippen LogP contribution in [-0.2, 0) is 4.74 Å². The zero-order chi connectivity index (χ0) is 16.9. The molecule has 4 nitrogen and oxygen atoms in total. The summed E-state index contributed by atoms with van der Waals surface area (Å²) in [5.41, 5.74) is 0.208. The second-order valence-electron chi connectivity index (χ2n) is 4.57. The van der Waals surface area contributed by atoms with E-state index < -0.39 is 24.5 Å². The van der Waals surface area contributed by atoms with Crippen LogP contribution in [0, 0.1) is 5.82 Å². The molecule has 1 aromatic carbocycles. The number of hydrogen-bond acceptors (Lipinski definition) is 3. The van der Waals surface area contributed by atoms with Crippen LogP contribution in [0.1, 0.15) is 10.6 Å². The van der Waals surface area contributed by atoms with Gasteiger partial charge in [0.15, 0.2) is 5.76 Å². The van der Waals surface area contributed by atoms with Crippen molar-refractivity contribution in [1.82, 2.24) is 5.32 Å². The fourth-order valence-electron chi connectivity index (χ4n) is 1.78. The summed E-state index contributed by atoms with van der Waals surface area (Å²) in [7, 11) is 0. The topological polar surface area (TPSA) is 51.5 Å². The minimum Gasteiger partial charge on any atom is -0.451 e. The first-order chi connectivity index (χ1) is 10.9. The Bertz CT molecular complexity index is 667. The first-order valence-corrected chi connectivity index (χ1v) is 6.64. The molecule has 23 heavy (non-hydrogen) atoms. The third kappa shape index (κ3) is 5.10. The zero-order valence-corrected chi connectivity index (χ0v) is 11.8. The number of halogens is 4. The largest absolute Gasteiger partial charge is 0.451 e. The van der Waals surface area contributed by atoms with Crippen molar-refractivity contribution >= 4 is 5.91 Å². The Balaban J connectivity index is 1.86. The summed E-state index contributed by atoms with van der Waals surface area (Å²) in [6.45, 7) is -1.77. The van der Waals surface area contributed by atoms with E-state index in [-0.39, 0.29) is 30.2 Å². The smallest absolute Gasteiger partial charge is 0.411 e. The van der Waals surface area contributed by atoms with Crippen molar-refractivity contribution in [2.45, 2.75) is 6.18 Å². The minimum absolute atomic E-state index is 0.0703. The molecule has 1 N–H and O–H groups in total. The summed E-state index contributed by atoms with van der Waals surface area (Å²) >= 11 is 0. The quantitative estimate of drug-likeness (QED) is 0.652. The molecule has 0 atom stereocenters. The average molecular weight is 331 g/mol. The molecule has 2 aromatic rings. The van der Waals surface area contributed by atoms with E-state index in [4.69, 9.17) is 4.42 Å². The number of carbonyl (C=O) groups excluding carboxylic acids is 1. The third-order valence-corrected chi connectivity index (χ3v) is 2.77. The van der Waals surface area contributed by atoms with Crippen molar-refractivity contribution in [1.29, 1.82) is 0 Å². The Morgan fingerprint density at radius 2 is 1.91 bits per heavy atom. The molecule has 8 heteroatoms. The number of ether oxygens (including phenoxy) is 1. The van der Waals surface area contributed by atoms with Crippen molar-refractivity contribution in [3.63, 3.8) is 0 Å². The van der Waals surface area contributed by atoms with Crippen LogP contribution < -0.4 is 5.32 Å². The van der Waals surface area contributed by atoms with Crippen LogP contribution in [0.2, 0.25) is 0 Å². The van der Waals surface area contributed by atoms with Crippen molar-refractivity contribution < 1.29 is 31.5 Å². The molecule has 0 aliphatic carbocycles. The first-order valence-electron chi connectivity index (χ1n) is 6.64. The molecule has 0 saturated carbocycles. The van der Waals surface area contributed by atoms with Gasteiger partial charge >= 0.3 is 6.18 Å². The monoisotopic (exact) mass is 331 g/mol. The number of benzene rings is 1. The van der Waals surface area contributed by atoms with Crippen LogP contribution >= 0.6 is 0 Å². The number of hydrogen-bond donors (Lipinski definition) is 1. The third-order valence-electron chi connectivity index (χ3n) is 2.77. The number of nitrogens with one attached hydrogen (secondary N) is 1. The van der Waals surface area contributed by atoms with Gasteiger partial charge in [-0.05, 0) is 24.3 Å². The average Bonchev–Trinajstić information content (AvgIpc) is 2.95. The van der Waals surface area contributed by atoms with Gasteiger partial charge in [-0.15, -0.1) is 0 Å². The number of carbonyl (C=O) groups is 1. The van der Waals surface area contributed by atoms with E-state index in [1.165, 1.54) is 30.3 Å². The van der Waals surface area contributed by atoms with Crippen LogP contribution in [0.3, 0.4) is 0 Å². The maximum absolute atomic E-state index is 13.6. The molecule has 124 valence electrons. The Hall–Kier alpha value is -2.35. The van der Waals surface area contributed by atoms with Gasteiger partial charge in [-0.3, -0.25) is 4.79 Å². The van der Waals surface area contributed by atoms with Gasteiger partial charge in [0.25, 0.3) is 5.91 Å². The fourth-order valence-corrected chi connectivity index (χ4v) is 1.78. The molecule has 1 aromatic heterocycles. The van der Waals surface area contributed by atoms with Gasteiger partial charge in [0.1, 0.15) is 18.2 Å². The minimum atomic E-state index is -4.40. The van der Waals surface area contributed by atoms with Gasteiger partial charge in [0, 0.05) is 6.54 Å². The van der Waals surface area contributed by atoms with Crippen molar-refractivity contribution in [2.75, 3.05) is 19.8 Å². The standard InChI is InChI=1S/C15H13F4NO3/c16-11-4-2-1-3-10(11)12-5-6-13(23-12)14(21)20-7-8-22-9-15(17,18)19/h1-6H,7-9H2,(H,20,21). The van der Waals surface area contributed by atoms with Gasteiger partial charge in [0.05, 0.1) is 12.2 Å². The number of rotatable bonds is 6. The summed E-state index contributed by atoms with van der Waals surface area (Å²) in [5.74, 6) is -1.00. The summed E-state index contributed by atoms with van der Waals surface area (Å²) < 4.78 is 58.7. The lowest BCUT2D eigenvalue weighted by Crippen LogP contribution is -2.28. The van der Waals surface area contributed by atoms with Crippen LogP contribution in [0.4, 0.5) is 17.6 Å². The van der Waals surface area contributed by atoms with Crippen LogP contribution in [0.25, 0.3) is 11.3 Å². The second kappa shape index (κ2) is 7.28. The zero-order valence-electron chi connectivity index (χ0n) is 11.8. The molecule has 0 aliphatic rings. The lowest BCUT2D eigenvalue weighted by molar-refractivity contribution is -0.173. The van der Waals surface area contributed by atoms with Gasteiger partial charge < -0.3 is 14.5 Å². The summed E-state index contributed by atoms with van der Waals surface area (Å²) in [6.07, 6.45) is -4.40. The Labute approximate surface area is 129 Å².